The largest absolute Gasteiger partial charge is 0.150 e. The number of rotatable bonds is 2. The van der Waals surface area contributed by atoms with E-state index in [2.05, 4.69) is 29.9 Å². The monoisotopic (exact) mass is 148 g/mol. The van der Waals surface area contributed by atoms with E-state index >= 15 is 0 Å². The smallest absolute Gasteiger partial charge is 0.0506 e. The summed E-state index contributed by atoms with van der Waals surface area (Å²) in [6, 6.07) is 0. The van der Waals surface area contributed by atoms with Gasteiger partial charge in [0.25, 0.3) is 0 Å². The number of hydrogen-bond donors (Lipinski definition) is 0. The zero-order valence-electron chi connectivity index (χ0n) is 6.91. The molecule has 0 spiro atoms. The third kappa shape index (κ3) is 2.96. The maximum atomic E-state index is 3.71. The Morgan fingerprint density at radius 2 is 2.36 bits per heavy atom. The van der Waals surface area contributed by atoms with Gasteiger partial charge in [-0.05, 0) is 24.0 Å². The van der Waals surface area contributed by atoms with Crippen LogP contribution in [0, 0.1) is 5.92 Å². The lowest BCUT2D eigenvalue weighted by molar-refractivity contribution is 0.651. The molecule has 0 radical (unpaired) electrons. The van der Waals surface area contributed by atoms with Crippen LogP contribution >= 0.6 is 0 Å². The minimum atomic E-state index is 0.672. The Bertz CT molecular complexity index is 240. The molecule has 58 valence electrons. The molecule has 0 saturated carbocycles. The first kappa shape index (κ1) is 7.96. The SMILES string of the molecule is CC(C)CC1=CC=NN=C=C1. The molecule has 1 rings (SSSR count). The van der Waals surface area contributed by atoms with E-state index in [1.165, 1.54) is 5.57 Å². The van der Waals surface area contributed by atoms with E-state index in [1.807, 2.05) is 12.2 Å². The summed E-state index contributed by atoms with van der Waals surface area (Å²) in [4.78, 5) is 0. The Kier molecular flexibility index (Phi) is 2.82. The molecule has 0 aromatic carbocycles. The third-order valence-electron chi connectivity index (χ3n) is 1.36. The van der Waals surface area contributed by atoms with Crippen molar-refractivity contribution in [3.63, 3.8) is 0 Å². The molecule has 1 heterocycles. The van der Waals surface area contributed by atoms with Crippen LogP contribution in [0.15, 0.2) is 27.9 Å². The molecular formula is C9H12N2. The highest BCUT2D eigenvalue weighted by atomic mass is 15.2. The van der Waals surface area contributed by atoms with Gasteiger partial charge in [-0.1, -0.05) is 13.8 Å². The molecule has 2 heteroatoms. The van der Waals surface area contributed by atoms with Crippen molar-refractivity contribution in [1.29, 1.82) is 0 Å². The Labute approximate surface area is 67.0 Å². The summed E-state index contributed by atoms with van der Waals surface area (Å²) in [7, 11) is 0. The fraction of sp³-hybridized carbons (Fsp3) is 0.444. The molecule has 0 unspecified atom stereocenters. The number of hydrogen-bond acceptors (Lipinski definition) is 2. The highest BCUT2D eigenvalue weighted by Crippen LogP contribution is 2.10. The van der Waals surface area contributed by atoms with Crippen LogP contribution in [-0.4, -0.2) is 12.1 Å². The standard InChI is InChI=1S/C9H12N2/c1-8(2)7-9-3-5-10-11-6-4-9/h3-5,8H,7H2,1-2H3. The summed E-state index contributed by atoms with van der Waals surface area (Å²) in [5.41, 5.74) is 1.24. The lowest BCUT2D eigenvalue weighted by Gasteiger charge is -2.02. The molecule has 1 aliphatic rings. The highest BCUT2D eigenvalue weighted by molar-refractivity contribution is 5.76. The van der Waals surface area contributed by atoms with Crippen LogP contribution in [0.4, 0.5) is 0 Å². The molecule has 0 aromatic rings. The van der Waals surface area contributed by atoms with Gasteiger partial charge >= 0.3 is 0 Å². The van der Waals surface area contributed by atoms with Crippen molar-refractivity contribution in [1.82, 2.24) is 0 Å². The first-order chi connectivity index (χ1) is 5.29. The maximum Gasteiger partial charge on any atom is 0.0506 e. The van der Waals surface area contributed by atoms with E-state index in [0.29, 0.717) is 5.92 Å². The first-order valence-corrected chi connectivity index (χ1v) is 3.80. The van der Waals surface area contributed by atoms with E-state index in [-0.39, 0.29) is 0 Å². The minimum Gasteiger partial charge on any atom is -0.150 e. The van der Waals surface area contributed by atoms with E-state index in [9.17, 15) is 0 Å². The van der Waals surface area contributed by atoms with Crippen molar-refractivity contribution in [3.8, 4) is 0 Å². The summed E-state index contributed by atoms with van der Waals surface area (Å²) < 4.78 is 0. The molecule has 1 aliphatic heterocycles. The van der Waals surface area contributed by atoms with Crippen molar-refractivity contribution < 1.29 is 0 Å². The summed E-state index contributed by atoms with van der Waals surface area (Å²) >= 11 is 0. The molecule has 0 atom stereocenters. The molecular weight excluding hydrogens is 136 g/mol. The molecule has 0 saturated heterocycles. The Morgan fingerprint density at radius 3 is 3.09 bits per heavy atom. The summed E-state index contributed by atoms with van der Waals surface area (Å²) in [5, 5.41) is 7.35. The fourth-order valence-electron chi connectivity index (χ4n) is 0.954. The normalized spacial score (nSPS) is 15.4. The van der Waals surface area contributed by atoms with Gasteiger partial charge < -0.3 is 0 Å². The number of nitrogens with zero attached hydrogens (tertiary/aromatic N) is 2. The number of allylic oxidation sites excluding steroid dienone is 3. The second kappa shape index (κ2) is 3.89. The second-order valence-corrected chi connectivity index (χ2v) is 2.98. The summed E-state index contributed by atoms with van der Waals surface area (Å²) in [6.45, 7) is 4.38. The predicted octanol–water partition coefficient (Wildman–Crippen LogP) is 2.18. The van der Waals surface area contributed by atoms with Crippen LogP contribution in [0.25, 0.3) is 0 Å². The van der Waals surface area contributed by atoms with Gasteiger partial charge in [-0.25, -0.2) is 0 Å². The van der Waals surface area contributed by atoms with Crippen molar-refractivity contribution in [2.24, 2.45) is 16.1 Å². The van der Waals surface area contributed by atoms with Crippen LogP contribution in [0.5, 0.6) is 0 Å². The van der Waals surface area contributed by atoms with Crippen molar-refractivity contribution in [2.45, 2.75) is 20.3 Å². The summed E-state index contributed by atoms with van der Waals surface area (Å²) in [6.07, 6.45) is 6.62. The van der Waals surface area contributed by atoms with Gasteiger partial charge in [0.1, 0.15) is 0 Å². The fourth-order valence-corrected chi connectivity index (χ4v) is 0.954. The average Bonchev–Trinajstić information content (AvgIpc) is 2.14. The third-order valence-corrected chi connectivity index (χ3v) is 1.36. The van der Waals surface area contributed by atoms with E-state index < -0.39 is 0 Å². The van der Waals surface area contributed by atoms with Gasteiger partial charge in [0.2, 0.25) is 0 Å². The molecule has 0 aromatic heterocycles. The van der Waals surface area contributed by atoms with Crippen LogP contribution < -0.4 is 0 Å². The minimum absolute atomic E-state index is 0.672. The topological polar surface area (TPSA) is 24.7 Å². The Morgan fingerprint density at radius 1 is 1.55 bits per heavy atom. The van der Waals surface area contributed by atoms with Crippen LogP contribution in [0.1, 0.15) is 20.3 Å². The Hall–Kier alpha value is -1.14. The van der Waals surface area contributed by atoms with Gasteiger partial charge in [-0.2, -0.15) is 5.10 Å². The van der Waals surface area contributed by atoms with E-state index in [0.717, 1.165) is 6.42 Å². The predicted molar refractivity (Wildman–Crippen MR) is 48.0 cm³/mol. The van der Waals surface area contributed by atoms with Gasteiger partial charge in [0, 0.05) is 11.9 Å². The molecule has 2 nitrogen and oxygen atoms in total. The van der Waals surface area contributed by atoms with Crippen molar-refractivity contribution >= 4 is 12.1 Å². The summed E-state index contributed by atoms with van der Waals surface area (Å²) in [5.74, 6) is 3.41. The van der Waals surface area contributed by atoms with Gasteiger partial charge in [-0.15, -0.1) is 5.10 Å². The lowest BCUT2D eigenvalue weighted by atomic mass is 10.0. The zero-order valence-corrected chi connectivity index (χ0v) is 6.91. The van der Waals surface area contributed by atoms with Gasteiger partial charge in [-0.3, -0.25) is 0 Å². The maximum absolute atomic E-state index is 3.71. The average molecular weight is 148 g/mol. The van der Waals surface area contributed by atoms with Crippen molar-refractivity contribution in [2.75, 3.05) is 0 Å². The second-order valence-electron chi connectivity index (χ2n) is 2.98. The first-order valence-electron chi connectivity index (χ1n) is 3.80. The van der Waals surface area contributed by atoms with E-state index in [1.54, 1.807) is 6.21 Å². The molecule has 0 amide bonds. The van der Waals surface area contributed by atoms with Crippen molar-refractivity contribution in [3.05, 3.63) is 17.7 Å². The highest BCUT2D eigenvalue weighted by Gasteiger charge is 1.97. The molecule has 11 heavy (non-hydrogen) atoms. The van der Waals surface area contributed by atoms with Crippen LogP contribution in [0.2, 0.25) is 0 Å². The quantitative estimate of drug-likeness (QED) is 0.573. The zero-order chi connectivity index (χ0) is 8.10. The van der Waals surface area contributed by atoms with Crippen LogP contribution in [0.3, 0.4) is 0 Å². The van der Waals surface area contributed by atoms with Gasteiger partial charge in [0.15, 0.2) is 0 Å². The molecule has 0 aliphatic carbocycles. The molecule has 0 N–H and O–H groups in total. The molecule has 0 fully saturated rings. The molecule has 0 bridgehead atoms. The van der Waals surface area contributed by atoms with E-state index in [4.69, 9.17) is 0 Å². The lowest BCUT2D eigenvalue weighted by Crippen LogP contribution is -1.89. The van der Waals surface area contributed by atoms with Crippen LogP contribution in [-0.2, 0) is 0 Å². The Balaban J connectivity index is 2.64. The van der Waals surface area contributed by atoms with Gasteiger partial charge in [0.05, 0.1) is 6.21 Å².